The molecule has 5 heteroatoms. The second kappa shape index (κ2) is 9.30. The van der Waals surface area contributed by atoms with Crippen LogP contribution in [0.5, 0.6) is 0 Å². The Bertz CT molecular complexity index is 1180. The summed E-state index contributed by atoms with van der Waals surface area (Å²) in [7, 11) is 0. The number of nitrogens with one attached hydrogen (secondary N) is 2. The molecule has 1 amide bonds. The molecule has 2 N–H and O–H groups in total. The van der Waals surface area contributed by atoms with E-state index in [1.165, 1.54) is 6.92 Å². The van der Waals surface area contributed by atoms with Crippen LogP contribution in [0.4, 0.5) is 4.79 Å². The molecule has 0 aliphatic heterocycles. The van der Waals surface area contributed by atoms with Crippen LogP contribution in [0, 0.1) is 0 Å². The first-order valence-corrected chi connectivity index (χ1v) is 10.2. The molecule has 0 bridgehead atoms. The van der Waals surface area contributed by atoms with Crippen LogP contribution in [0.2, 0.25) is 0 Å². The number of aromatic amines is 1. The Morgan fingerprint density at radius 1 is 0.903 bits per heavy atom. The Morgan fingerprint density at radius 2 is 1.61 bits per heavy atom. The van der Waals surface area contributed by atoms with E-state index in [9.17, 15) is 9.59 Å². The summed E-state index contributed by atoms with van der Waals surface area (Å²) in [6.45, 7) is 1.56. The van der Waals surface area contributed by atoms with E-state index in [4.69, 9.17) is 4.74 Å². The van der Waals surface area contributed by atoms with E-state index in [1.54, 1.807) is 0 Å². The Kier molecular flexibility index (Phi) is 6.13. The van der Waals surface area contributed by atoms with Gasteiger partial charge in [0.25, 0.3) is 0 Å². The lowest BCUT2D eigenvalue weighted by molar-refractivity contribution is -0.118. The van der Waals surface area contributed by atoms with Gasteiger partial charge in [-0.3, -0.25) is 4.79 Å². The Hall–Kier alpha value is -3.86. The van der Waals surface area contributed by atoms with Crippen molar-refractivity contribution in [3.05, 3.63) is 96.2 Å². The molecule has 1 heterocycles. The Balaban J connectivity index is 1.38. The highest BCUT2D eigenvalue weighted by atomic mass is 16.5. The summed E-state index contributed by atoms with van der Waals surface area (Å²) in [5, 5.41) is 3.72. The molecule has 0 radical (unpaired) electrons. The maximum absolute atomic E-state index is 12.3. The van der Waals surface area contributed by atoms with E-state index < -0.39 is 12.1 Å². The SMILES string of the molecule is CC(=O)C(Cc1ccccc1)NC(=O)OCc1cc2cc(-c3ccccc3)ccc2[nH]1. The highest BCUT2D eigenvalue weighted by molar-refractivity contribution is 5.86. The van der Waals surface area contributed by atoms with Crippen molar-refractivity contribution in [2.45, 2.75) is 26.0 Å². The molecule has 31 heavy (non-hydrogen) atoms. The normalized spacial score (nSPS) is 11.8. The lowest BCUT2D eigenvalue weighted by atomic mass is 10.0. The fourth-order valence-corrected chi connectivity index (χ4v) is 3.55. The predicted octanol–water partition coefficient (Wildman–Crippen LogP) is 5.26. The molecule has 3 aromatic carbocycles. The number of aromatic nitrogens is 1. The van der Waals surface area contributed by atoms with E-state index >= 15 is 0 Å². The predicted molar refractivity (Wildman–Crippen MR) is 122 cm³/mol. The fraction of sp³-hybridized carbons (Fsp3) is 0.154. The molecule has 5 nitrogen and oxygen atoms in total. The van der Waals surface area contributed by atoms with Crippen LogP contribution in [0.15, 0.2) is 84.9 Å². The molecular weight excluding hydrogens is 388 g/mol. The summed E-state index contributed by atoms with van der Waals surface area (Å²) in [5.74, 6) is -0.111. The number of amides is 1. The second-order valence-electron chi connectivity index (χ2n) is 7.54. The van der Waals surface area contributed by atoms with Crippen molar-refractivity contribution < 1.29 is 14.3 Å². The van der Waals surface area contributed by atoms with Crippen LogP contribution in [-0.2, 0) is 22.6 Å². The first-order chi connectivity index (χ1) is 15.1. The van der Waals surface area contributed by atoms with Crippen LogP contribution in [-0.4, -0.2) is 22.9 Å². The minimum Gasteiger partial charge on any atom is -0.443 e. The van der Waals surface area contributed by atoms with Crippen LogP contribution in [0.3, 0.4) is 0 Å². The van der Waals surface area contributed by atoms with Crippen molar-refractivity contribution in [2.75, 3.05) is 0 Å². The van der Waals surface area contributed by atoms with Gasteiger partial charge in [0, 0.05) is 10.9 Å². The van der Waals surface area contributed by atoms with Gasteiger partial charge in [0.05, 0.1) is 11.7 Å². The number of carbonyl (C=O) groups excluding carboxylic acids is 2. The molecular formula is C26H24N2O3. The number of ether oxygens (including phenoxy) is 1. The average molecular weight is 412 g/mol. The summed E-state index contributed by atoms with van der Waals surface area (Å²) >= 11 is 0. The third-order valence-electron chi connectivity index (χ3n) is 5.21. The third kappa shape index (κ3) is 5.20. The van der Waals surface area contributed by atoms with Crippen molar-refractivity contribution in [1.29, 1.82) is 0 Å². The fourth-order valence-electron chi connectivity index (χ4n) is 3.55. The molecule has 1 aromatic heterocycles. The third-order valence-corrected chi connectivity index (χ3v) is 5.21. The molecule has 1 atom stereocenters. The lowest BCUT2D eigenvalue weighted by Crippen LogP contribution is -2.41. The number of ketones is 1. The van der Waals surface area contributed by atoms with Crippen molar-refractivity contribution in [1.82, 2.24) is 10.3 Å². The minimum atomic E-state index is -0.619. The molecule has 0 saturated carbocycles. The molecule has 0 aliphatic rings. The summed E-state index contributed by atoms with van der Waals surface area (Å²) in [5.41, 5.74) is 5.02. The molecule has 0 aliphatic carbocycles. The summed E-state index contributed by atoms with van der Waals surface area (Å²) < 4.78 is 5.36. The number of fused-ring (bicyclic) bond motifs is 1. The number of benzene rings is 3. The monoisotopic (exact) mass is 412 g/mol. The lowest BCUT2D eigenvalue weighted by Gasteiger charge is -2.15. The van der Waals surface area contributed by atoms with E-state index in [-0.39, 0.29) is 12.4 Å². The van der Waals surface area contributed by atoms with Gasteiger partial charge in [0.15, 0.2) is 5.78 Å². The molecule has 4 rings (SSSR count). The number of rotatable bonds is 7. The highest BCUT2D eigenvalue weighted by Gasteiger charge is 2.18. The number of hydrogen-bond donors (Lipinski definition) is 2. The molecule has 1 unspecified atom stereocenters. The van der Waals surface area contributed by atoms with Gasteiger partial charge in [-0.1, -0.05) is 66.7 Å². The quantitative estimate of drug-likeness (QED) is 0.435. The van der Waals surface area contributed by atoms with Crippen LogP contribution < -0.4 is 5.32 Å². The van der Waals surface area contributed by atoms with Crippen LogP contribution in [0.1, 0.15) is 18.2 Å². The average Bonchev–Trinajstić information content (AvgIpc) is 3.21. The first kappa shape index (κ1) is 20.4. The standard InChI is InChI=1S/C26H24N2O3/c1-18(29)25(14-19-8-4-2-5-9-19)28-26(30)31-17-23-16-22-15-21(12-13-24(22)27-23)20-10-6-3-7-11-20/h2-13,15-16,25,27H,14,17H2,1H3,(H,28,30). The number of carbonyl (C=O) groups is 2. The Morgan fingerprint density at radius 3 is 2.32 bits per heavy atom. The van der Waals surface area contributed by atoms with Gasteiger partial charge in [-0.2, -0.15) is 0 Å². The zero-order valence-electron chi connectivity index (χ0n) is 17.3. The molecule has 0 spiro atoms. The van der Waals surface area contributed by atoms with Gasteiger partial charge in [0.2, 0.25) is 0 Å². The summed E-state index contributed by atoms with van der Waals surface area (Å²) in [4.78, 5) is 27.5. The molecule has 156 valence electrons. The van der Waals surface area contributed by atoms with Crippen molar-refractivity contribution in [3.8, 4) is 11.1 Å². The first-order valence-electron chi connectivity index (χ1n) is 10.2. The number of Topliss-reactive ketones (excluding diaryl/α,β-unsaturated/α-hetero) is 1. The highest BCUT2D eigenvalue weighted by Crippen LogP contribution is 2.25. The Labute approximate surface area is 181 Å². The van der Waals surface area contributed by atoms with Gasteiger partial charge in [-0.25, -0.2) is 4.79 Å². The zero-order valence-corrected chi connectivity index (χ0v) is 17.3. The van der Waals surface area contributed by atoms with Gasteiger partial charge < -0.3 is 15.0 Å². The van der Waals surface area contributed by atoms with Gasteiger partial charge in [-0.15, -0.1) is 0 Å². The number of hydrogen-bond acceptors (Lipinski definition) is 3. The minimum absolute atomic E-state index is 0.0944. The summed E-state index contributed by atoms with van der Waals surface area (Å²) in [6.07, 6.45) is -0.181. The number of H-pyrrole nitrogens is 1. The maximum atomic E-state index is 12.3. The smallest absolute Gasteiger partial charge is 0.408 e. The second-order valence-corrected chi connectivity index (χ2v) is 7.54. The molecule has 0 fully saturated rings. The zero-order chi connectivity index (χ0) is 21.6. The molecule has 4 aromatic rings. The van der Waals surface area contributed by atoms with Gasteiger partial charge in [0.1, 0.15) is 6.61 Å². The van der Waals surface area contributed by atoms with Crippen molar-refractivity contribution in [2.24, 2.45) is 0 Å². The van der Waals surface area contributed by atoms with E-state index in [0.29, 0.717) is 6.42 Å². The summed E-state index contributed by atoms with van der Waals surface area (Å²) in [6, 6.07) is 27.3. The van der Waals surface area contributed by atoms with E-state index in [1.807, 2.05) is 60.7 Å². The van der Waals surface area contributed by atoms with Crippen LogP contribution >= 0.6 is 0 Å². The largest absolute Gasteiger partial charge is 0.443 e. The maximum Gasteiger partial charge on any atom is 0.408 e. The van der Waals surface area contributed by atoms with Gasteiger partial charge in [-0.05, 0) is 48.2 Å². The molecule has 0 saturated heterocycles. The topological polar surface area (TPSA) is 71.2 Å². The number of alkyl carbamates (subject to hydrolysis) is 1. The van der Waals surface area contributed by atoms with Crippen LogP contribution in [0.25, 0.3) is 22.0 Å². The van der Waals surface area contributed by atoms with Gasteiger partial charge >= 0.3 is 6.09 Å². The van der Waals surface area contributed by atoms with Crippen molar-refractivity contribution in [3.63, 3.8) is 0 Å². The van der Waals surface area contributed by atoms with E-state index in [2.05, 4.69) is 34.6 Å². The van der Waals surface area contributed by atoms with E-state index in [0.717, 1.165) is 33.3 Å². The van der Waals surface area contributed by atoms with Crippen molar-refractivity contribution >= 4 is 22.8 Å².